The monoisotopic (exact) mass is 272 g/mol. The van der Waals surface area contributed by atoms with Crippen molar-refractivity contribution in [2.75, 3.05) is 13.1 Å². The molecule has 2 heteroatoms. The minimum Gasteiger partial charge on any atom is -0.311 e. The molecule has 0 radical (unpaired) electrons. The molecule has 1 atom stereocenters. The number of nitrogens with zero attached hydrogens (tertiary/aromatic N) is 1. The zero-order valence-corrected chi connectivity index (χ0v) is 13.0. The highest BCUT2D eigenvalue weighted by Gasteiger charge is 2.42. The molecular weight excluding hydrogens is 244 g/mol. The summed E-state index contributed by atoms with van der Waals surface area (Å²) in [5.41, 5.74) is 3.27. The van der Waals surface area contributed by atoms with E-state index in [4.69, 9.17) is 0 Å². The van der Waals surface area contributed by atoms with Crippen LogP contribution in [0.25, 0.3) is 0 Å². The van der Waals surface area contributed by atoms with Crippen LogP contribution in [0.1, 0.15) is 50.2 Å². The maximum absolute atomic E-state index is 3.78. The molecule has 2 fully saturated rings. The molecule has 0 aromatic heterocycles. The number of rotatable bonds is 3. The molecule has 2 nitrogen and oxygen atoms in total. The molecule has 3 rings (SSSR count). The van der Waals surface area contributed by atoms with Gasteiger partial charge in [0.15, 0.2) is 0 Å². The summed E-state index contributed by atoms with van der Waals surface area (Å²) in [6.45, 7) is 7.99. The Morgan fingerprint density at radius 1 is 1.20 bits per heavy atom. The number of nitrogens with one attached hydrogen (secondary N) is 1. The second-order valence-electron chi connectivity index (χ2n) is 6.78. The number of aryl methyl sites for hydroxylation is 1. The molecule has 1 saturated heterocycles. The van der Waals surface area contributed by atoms with Gasteiger partial charge in [-0.3, -0.25) is 4.90 Å². The fraction of sp³-hybridized carbons (Fsp3) is 0.667. The molecule has 1 unspecified atom stereocenters. The smallest absolute Gasteiger partial charge is 0.0338 e. The third-order valence-corrected chi connectivity index (χ3v) is 5.35. The van der Waals surface area contributed by atoms with Crippen LogP contribution in [-0.2, 0) is 6.54 Å². The van der Waals surface area contributed by atoms with E-state index in [2.05, 4.69) is 48.3 Å². The zero-order valence-electron chi connectivity index (χ0n) is 13.0. The van der Waals surface area contributed by atoms with Crippen LogP contribution in [-0.4, -0.2) is 29.6 Å². The molecule has 0 bridgehead atoms. The SMILES string of the molecule is CCC1CN(Cc2ccc(C)cc2)C2(CCCC2)CN1. The Morgan fingerprint density at radius 2 is 1.90 bits per heavy atom. The Kier molecular flexibility index (Phi) is 4.13. The molecule has 1 aliphatic carbocycles. The molecule has 1 aromatic rings. The molecule has 20 heavy (non-hydrogen) atoms. The molecule has 1 aromatic carbocycles. The average molecular weight is 272 g/mol. The third kappa shape index (κ3) is 2.77. The minimum absolute atomic E-state index is 0.441. The van der Waals surface area contributed by atoms with E-state index >= 15 is 0 Å². The quantitative estimate of drug-likeness (QED) is 0.906. The van der Waals surface area contributed by atoms with Gasteiger partial charge in [0, 0.05) is 31.2 Å². The van der Waals surface area contributed by atoms with Crippen LogP contribution in [0.3, 0.4) is 0 Å². The summed E-state index contributed by atoms with van der Waals surface area (Å²) in [6.07, 6.45) is 6.80. The molecule has 1 saturated carbocycles. The van der Waals surface area contributed by atoms with Gasteiger partial charge in [-0.25, -0.2) is 0 Å². The highest BCUT2D eigenvalue weighted by atomic mass is 15.3. The molecule has 0 amide bonds. The summed E-state index contributed by atoms with van der Waals surface area (Å²) in [5, 5.41) is 3.78. The molecule has 1 spiro atoms. The lowest BCUT2D eigenvalue weighted by atomic mass is 9.89. The van der Waals surface area contributed by atoms with Crippen LogP contribution in [0.5, 0.6) is 0 Å². The molecule has 110 valence electrons. The van der Waals surface area contributed by atoms with E-state index in [9.17, 15) is 0 Å². The maximum Gasteiger partial charge on any atom is 0.0338 e. The van der Waals surface area contributed by atoms with Gasteiger partial charge in [0.2, 0.25) is 0 Å². The molecule has 1 aliphatic heterocycles. The Balaban J connectivity index is 1.77. The maximum atomic E-state index is 3.78. The summed E-state index contributed by atoms with van der Waals surface area (Å²) in [7, 11) is 0. The highest BCUT2D eigenvalue weighted by Crippen LogP contribution is 2.38. The summed E-state index contributed by atoms with van der Waals surface area (Å²) in [4.78, 5) is 2.79. The normalized spacial score (nSPS) is 26.2. The van der Waals surface area contributed by atoms with E-state index in [-0.39, 0.29) is 0 Å². The van der Waals surface area contributed by atoms with Crippen molar-refractivity contribution in [3.05, 3.63) is 35.4 Å². The lowest BCUT2D eigenvalue weighted by Gasteiger charge is -2.48. The van der Waals surface area contributed by atoms with Crippen molar-refractivity contribution in [1.29, 1.82) is 0 Å². The van der Waals surface area contributed by atoms with Crippen molar-refractivity contribution < 1.29 is 0 Å². The summed E-state index contributed by atoms with van der Waals surface area (Å²) in [6, 6.07) is 9.78. The van der Waals surface area contributed by atoms with E-state index in [0.29, 0.717) is 11.6 Å². The van der Waals surface area contributed by atoms with E-state index < -0.39 is 0 Å². The molecule has 1 N–H and O–H groups in total. The van der Waals surface area contributed by atoms with Gasteiger partial charge >= 0.3 is 0 Å². The number of benzene rings is 1. The lowest BCUT2D eigenvalue weighted by Crippen LogP contribution is -2.62. The van der Waals surface area contributed by atoms with Crippen molar-refractivity contribution in [3.63, 3.8) is 0 Å². The second kappa shape index (κ2) is 5.87. The molecular formula is C18H28N2. The predicted octanol–water partition coefficient (Wildman–Crippen LogP) is 3.49. The van der Waals surface area contributed by atoms with Crippen molar-refractivity contribution in [3.8, 4) is 0 Å². The molecule has 1 heterocycles. The van der Waals surface area contributed by atoms with Crippen LogP contribution in [0.15, 0.2) is 24.3 Å². The topological polar surface area (TPSA) is 15.3 Å². The lowest BCUT2D eigenvalue weighted by molar-refractivity contribution is 0.0349. The van der Waals surface area contributed by atoms with Crippen LogP contribution in [0, 0.1) is 6.92 Å². The Bertz CT molecular complexity index is 431. The van der Waals surface area contributed by atoms with Gasteiger partial charge in [-0.15, -0.1) is 0 Å². The zero-order chi connectivity index (χ0) is 14.0. The predicted molar refractivity (Wildman–Crippen MR) is 84.9 cm³/mol. The molecule has 2 aliphatic rings. The second-order valence-corrected chi connectivity index (χ2v) is 6.78. The van der Waals surface area contributed by atoms with Crippen molar-refractivity contribution in [2.24, 2.45) is 0 Å². The van der Waals surface area contributed by atoms with Gasteiger partial charge in [-0.2, -0.15) is 0 Å². The van der Waals surface area contributed by atoms with Gasteiger partial charge < -0.3 is 5.32 Å². The first kappa shape index (κ1) is 14.1. The first-order chi connectivity index (χ1) is 9.72. The Hall–Kier alpha value is -0.860. The summed E-state index contributed by atoms with van der Waals surface area (Å²) < 4.78 is 0. The van der Waals surface area contributed by atoms with E-state index in [1.165, 1.54) is 56.3 Å². The summed E-state index contributed by atoms with van der Waals surface area (Å²) in [5.74, 6) is 0. The van der Waals surface area contributed by atoms with Gasteiger partial charge in [-0.1, -0.05) is 49.6 Å². The van der Waals surface area contributed by atoms with Gasteiger partial charge in [-0.05, 0) is 31.7 Å². The van der Waals surface area contributed by atoms with Crippen LogP contribution < -0.4 is 5.32 Å². The van der Waals surface area contributed by atoms with Gasteiger partial charge in [0.1, 0.15) is 0 Å². The first-order valence-electron chi connectivity index (χ1n) is 8.26. The Labute approximate surface area is 123 Å². The number of piperazine rings is 1. The highest BCUT2D eigenvalue weighted by molar-refractivity contribution is 5.22. The van der Waals surface area contributed by atoms with E-state index in [1.54, 1.807) is 0 Å². The average Bonchev–Trinajstić information content (AvgIpc) is 2.93. The fourth-order valence-electron chi connectivity index (χ4n) is 3.92. The minimum atomic E-state index is 0.441. The van der Waals surface area contributed by atoms with E-state index in [1.807, 2.05) is 0 Å². The third-order valence-electron chi connectivity index (χ3n) is 5.35. The van der Waals surface area contributed by atoms with Crippen molar-refractivity contribution >= 4 is 0 Å². The van der Waals surface area contributed by atoms with E-state index in [0.717, 1.165) is 6.54 Å². The standard InChI is InChI=1S/C18H28N2/c1-3-17-13-20(12-16-8-6-15(2)7-9-16)18(14-19-17)10-4-5-11-18/h6-9,17,19H,3-5,10-14H2,1-2H3. The van der Waals surface area contributed by atoms with Crippen molar-refractivity contribution in [1.82, 2.24) is 10.2 Å². The first-order valence-corrected chi connectivity index (χ1v) is 8.26. The fourth-order valence-corrected chi connectivity index (χ4v) is 3.92. The Morgan fingerprint density at radius 3 is 2.55 bits per heavy atom. The number of hydrogen-bond acceptors (Lipinski definition) is 2. The summed E-state index contributed by atoms with van der Waals surface area (Å²) >= 11 is 0. The number of hydrogen-bond donors (Lipinski definition) is 1. The van der Waals surface area contributed by atoms with Gasteiger partial charge in [0.25, 0.3) is 0 Å². The van der Waals surface area contributed by atoms with Crippen LogP contribution in [0.4, 0.5) is 0 Å². The largest absolute Gasteiger partial charge is 0.311 e. The van der Waals surface area contributed by atoms with Crippen LogP contribution >= 0.6 is 0 Å². The van der Waals surface area contributed by atoms with Gasteiger partial charge in [0.05, 0.1) is 0 Å². The van der Waals surface area contributed by atoms with Crippen LogP contribution in [0.2, 0.25) is 0 Å². The van der Waals surface area contributed by atoms with Crippen molar-refractivity contribution in [2.45, 2.75) is 64.1 Å².